The Labute approximate surface area is 190 Å². The maximum Gasteiger partial charge on any atom is 0.414 e. The highest BCUT2D eigenvalue weighted by atomic mass is 19.1. The number of ether oxygens (including phenoxy) is 1. The SMILES string of the molecule is CC(=O)NC[C@H]1CN(c2ccc(-c3ccc(CNCc4n[nH]nc4C)cc3)c(F)c2)C(=O)O1. The van der Waals surface area contributed by atoms with Gasteiger partial charge in [-0.2, -0.15) is 15.4 Å². The monoisotopic (exact) mass is 452 g/mol. The van der Waals surface area contributed by atoms with Crippen molar-refractivity contribution >= 4 is 17.7 Å². The molecule has 0 spiro atoms. The largest absolute Gasteiger partial charge is 0.442 e. The summed E-state index contributed by atoms with van der Waals surface area (Å²) in [5.74, 6) is -0.634. The first kappa shape index (κ1) is 22.4. The van der Waals surface area contributed by atoms with Gasteiger partial charge in [-0.25, -0.2) is 9.18 Å². The summed E-state index contributed by atoms with van der Waals surface area (Å²) in [5, 5.41) is 16.6. The van der Waals surface area contributed by atoms with Crippen molar-refractivity contribution in [2.24, 2.45) is 0 Å². The summed E-state index contributed by atoms with van der Waals surface area (Å²) >= 11 is 0. The number of benzene rings is 2. The first-order valence-corrected chi connectivity index (χ1v) is 10.6. The van der Waals surface area contributed by atoms with Crippen LogP contribution in [0.25, 0.3) is 11.1 Å². The molecule has 2 heterocycles. The second-order valence-electron chi connectivity index (χ2n) is 7.87. The van der Waals surface area contributed by atoms with Gasteiger partial charge < -0.3 is 15.4 Å². The van der Waals surface area contributed by atoms with Crippen LogP contribution in [0, 0.1) is 12.7 Å². The van der Waals surface area contributed by atoms with Gasteiger partial charge in [-0.3, -0.25) is 9.69 Å². The van der Waals surface area contributed by atoms with Crippen LogP contribution in [0.2, 0.25) is 0 Å². The van der Waals surface area contributed by atoms with Crippen LogP contribution in [0.15, 0.2) is 42.5 Å². The van der Waals surface area contributed by atoms with Gasteiger partial charge in [0, 0.05) is 25.6 Å². The van der Waals surface area contributed by atoms with E-state index in [0.29, 0.717) is 24.3 Å². The molecule has 0 aliphatic carbocycles. The lowest BCUT2D eigenvalue weighted by Gasteiger charge is -2.15. The molecular formula is C23H25FN6O3. The quantitative estimate of drug-likeness (QED) is 0.485. The minimum atomic E-state index is -0.560. The molecule has 0 radical (unpaired) electrons. The first-order valence-electron chi connectivity index (χ1n) is 10.6. The van der Waals surface area contributed by atoms with Crippen LogP contribution >= 0.6 is 0 Å². The summed E-state index contributed by atoms with van der Waals surface area (Å²) in [4.78, 5) is 24.6. The number of carbonyl (C=O) groups is 2. The molecule has 0 unspecified atom stereocenters. The van der Waals surface area contributed by atoms with Gasteiger partial charge in [0.05, 0.1) is 30.2 Å². The highest BCUT2D eigenvalue weighted by Crippen LogP contribution is 2.29. The fourth-order valence-corrected chi connectivity index (χ4v) is 3.60. The zero-order valence-electron chi connectivity index (χ0n) is 18.4. The van der Waals surface area contributed by atoms with E-state index in [1.54, 1.807) is 12.1 Å². The Morgan fingerprint density at radius 3 is 2.67 bits per heavy atom. The van der Waals surface area contributed by atoms with Crippen molar-refractivity contribution < 1.29 is 18.7 Å². The van der Waals surface area contributed by atoms with E-state index in [1.807, 2.05) is 31.2 Å². The zero-order valence-corrected chi connectivity index (χ0v) is 18.4. The standard InChI is InChI=1S/C23H25FN6O3/c1-14-22(28-29-27-14)12-25-10-16-3-5-17(6-4-16)20-8-7-18(9-21(20)24)30-13-19(33-23(30)32)11-26-15(2)31/h3-9,19,25H,10-13H2,1-2H3,(H,26,31)(H,27,28,29)/t19-/m0/s1. The van der Waals surface area contributed by atoms with E-state index < -0.39 is 18.0 Å². The Bertz CT molecular complexity index is 1150. The van der Waals surface area contributed by atoms with Crippen LogP contribution in [0.5, 0.6) is 0 Å². The third kappa shape index (κ3) is 5.35. The molecule has 1 saturated heterocycles. The van der Waals surface area contributed by atoms with Gasteiger partial charge in [0.15, 0.2) is 0 Å². The summed E-state index contributed by atoms with van der Waals surface area (Å²) in [6.45, 7) is 5.00. The molecule has 172 valence electrons. The number of anilines is 1. The van der Waals surface area contributed by atoms with Crippen molar-refractivity contribution in [3.63, 3.8) is 0 Å². The molecule has 10 heteroatoms. The van der Waals surface area contributed by atoms with Gasteiger partial charge in [-0.05, 0) is 36.2 Å². The summed E-state index contributed by atoms with van der Waals surface area (Å²) in [6.07, 6.45) is -1.03. The number of cyclic esters (lactones) is 1. The van der Waals surface area contributed by atoms with Gasteiger partial charge in [0.1, 0.15) is 11.9 Å². The fourth-order valence-electron chi connectivity index (χ4n) is 3.60. The number of amides is 2. The van der Waals surface area contributed by atoms with Crippen LogP contribution in [-0.2, 0) is 22.6 Å². The minimum absolute atomic E-state index is 0.202. The van der Waals surface area contributed by atoms with E-state index in [1.165, 1.54) is 17.9 Å². The van der Waals surface area contributed by atoms with Crippen molar-refractivity contribution in [2.45, 2.75) is 33.0 Å². The number of hydrogen-bond donors (Lipinski definition) is 3. The Morgan fingerprint density at radius 1 is 1.21 bits per heavy atom. The number of rotatable bonds is 8. The Hall–Kier alpha value is -3.79. The van der Waals surface area contributed by atoms with E-state index in [9.17, 15) is 14.0 Å². The third-order valence-electron chi connectivity index (χ3n) is 5.42. The van der Waals surface area contributed by atoms with E-state index in [2.05, 4.69) is 26.0 Å². The molecule has 1 atom stereocenters. The first-order chi connectivity index (χ1) is 15.9. The predicted octanol–water partition coefficient (Wildman–Crippen LogP) is 2.67. The van der Waals surface area contributed by atoms with Crippen molar-refractivity contribution in [1.82, 2.24) is 26.0 Å². The molecule has 2 aromatic carbocycles. The predicted molar refractivity (Wildman–Crippen MR) is 120 cm³/mol. The molecule has 33 heavy (non-hydrogen) atoms. The maximum absolute atomic E-state index is 14.9. The molecule has 9 nitrogen and oxygen atoms in total. The van der Waals surface area contributed by atoms with Gasteiger partial charge in [0.2, 0.25) is 5.91 Å². The lowest BCUT2D eigenvalue weighted by molar-refractivity contribution is -0.119. The number of carbonyl (C=O) groups excluding carboxylic acids is 2. The smallest absolute Gasteiger partial charge is 0.414 e. The number of halogens is 1. The Morgan fingerprint density at radius 2 is 2.00 bits per heavy atom. The normalized spacial score (nSPS) is 15.5. The minimum Gasteiger partial charge on any atom is -0.442 e. The van der Waals surface area contributed by atoms with E-state index >= 15 is 0 Å². The second-order valence-corrected chi connectivity index (χ2v) is 7.87. The lowest BCUT2D eigenvalue weighted by atomic mass is 10.0. The fraction of sp³-hybridized carbons (Fsp3) is 0.304. The van der Waals surface area contributed by atoms with Crippen molar-refractivity contribution in [3.8, 4) is 11.1 Å². The zero-order chi connectivity index (χ0) is 23.4. The van der Waals surface area contributed by atoms with E-state index in [4.69, 9.17) is 4.74 Å². The van der Waals surface area contributed by atoms with E-state index in [-0.39, 0.29) is 19.0 Å². The molecule has 0 bridgehead atoms. The second kappa shape index (κ2) is 9.78. The highest BCUT2D eigenvalue weighted by molar-refractivity contribution is 5.90. The molecule has 1 aliphatic heterocycles. The van der Waals surface area contributed by atoms with Gasteiger partial charge in [0.25, 0.3) is 0 Å². The summed E-state index contributed by atoms with van der Waals surface area (Å²) in [6, 6.07) is 12.3. The molecule has 1 aliphatic rings. The van der Waals surface area contributed by atoms with Gasteiger partial charge >= 0.3 is 6.09 Å². The van der Waals surface area contributed by atoms with Crippen LogP contribution < -0.4 is 15.5 Å². The molecule has 2 amide bonds. The third-order valence-corrected chi connectivity index (χ3v) is 5.42. The number of H-pyrrole nitrogens is 1. The van der Waals surface area contributed by atoms with Crippen molar-refractivity contribution in [3.05, 3.63) is 65.2 Å². The molecular weight excluding hydrogens is 427 g/mol. The Kier molecular flexibility index (Phi) is 6.64. The number of nitrogens with zero attached hydrogens (tertiary/aromatic N) is 3. The van der Waals surface area contributed by atoms with Gasteiger partial charge in [-0.15, -0.1) is 0 Å². The van der Waals surface area contributed by atoms with Crippen LogP contribution in [0.1, 0.15) is 23.9 Å². The average molecular weight is 452 g/mol. The van der Waals surface area contributed by atoms with Crippen LogP contribution in [0.4, 0.5) is 14.9 Å². The number of nitrogens with one attached hydrogen (secondary N) is 3. The Balaban J connectivity index is 1.38. The molecule has 0 saturated carbocycles. The molecule has 1 fully saturated rings. The number of aromatic nitrogens is 3. The number of aromatic amines is 1. The number of hydrogen-bond acceptors (Lipinski definition) is 6. The molecule has 3 aromatic rings. The highest BCUT2D eigenvalue weighted by Gasteiger charge is 2.32. The van der Waals surface area contributed by atoms with Crippen LogP contribution in [-0.4, -0.2) is 46.6 Å². The molecule has 4 rings (SSSR count). The topological polar surface area (TPSA) is 112 Å². The van der Waals surface area contributed by atoms with Crippen LogP contribution in [0.3, 0.4) is 0 Å². The lowest BCUT2D eigenvalue weighted by Crippen LogP contribution is -2.33. The van der Waals surface area contributed by atoms with Gasteiger partial charge in [-0.1, -0.05) is 24.3 Å². The molecule has 1 aromatic heterocycles. The average Bonchev–Trinajstić information content (AvgIpc) is 3.38. The van der Waals surface area contributed by atoms with Crippen molar-refractivity contribution in [1.29, 1.82) is 0 Å². The van der Waals surface area contributed by atoms with E-state index in [0.717, 1.165) is 22.5 Å². The summed E-state index contributed by atoms with van der Waals surface area (Å²) in [7, 11) is 0. The van der Waals surface area contributed by atoms with Crippen molar-refractivity contribution in [2.75, 3.05) is 18.0 Å². The molecule has 3 N–H and O–H groups in total. The maximum atomic E-state index is 14.9. The number of aryl methyl sites for hydroxylation is 1. The summed E-state index contributed by atoms with van der Waals surface area (Å²) < 4.78 is 20.1. The summed E-state index contributed by atoms with van der Waals surface area (Å²) in [5.41, 5.74) is 4.39.